The Balaban J connectivity index is 2.11. The first-order chi connectivity index (χ1) is 9.61. The Morgan fingerprint density at radius 2 is 2.35 bits per heavy atom. The van der Waals surface area contributed by atoms with E-state index in [-0.39, 0.29) is 12.1 Å². The Labute approximate surface area is 119 Å². The van der Waals surface area contributed by atoms with Gasteiger partial charge in [-0.15, -0.1) is 0 Å². The number of nitrogens with zero attached hydrogens (tertiary/aromatic N) is 1. The smallest absolute Gasteiger partial charge is 0.340 e. The van der Waals surface area contributed by atoms with E-state index in [2.05, 4.69) is 4.90 Å². The Kier molecular flexibility index (Phi) is 4.84. The minimum Gasteiger partial charge on any atom is -0.462 e. The van der Waals surface area contributed by atoms with Crippen LogP contribution in [0.4, 0.5) is 11.4 Å². The van der Waals surface area contributed by atoms with Crippen LogP contribution in [0.2, 0.25) is 0 Å². The molecule has 1 unspecified atom stereocenters. The number of anilines is 2. The molecule has 2 N–H and O–H groups in total. The summed E-state index contributed by atoms with van der Waals surface area (Å²) in [5.41, 5.74) is 7.64. The van der Waals surface area contributed by atoms with E-state index in [0.29, 0.717) is 17.9 Å². The molecule has 1 atom stereocenters. The number of ether oxygens (including phenoxy) is 2. The van der Waals surface area contributed by atoms with Crippen molar-refractivity contribution in [1.82, 2.24) is 0 Å². The highest BCUT2D eigenvalue weighted by Crippen LogP contribution is 2.23. The van der Waals surface area contributed by atoms with Gasteiger partial charge >= 0.3 is 5.97 Å². The van der Waals surface area contributed by atoms with Crippen molar-refractivity contribution in [2.75, 3.05) is 37.4 Å². The van der Waals surface area contributed by atoms with E-state index in [0.717, 1.165) is 31.7 Å². The largest absolute Gasteiger partial charge is 0.462 e. The summed E-state index contributed by atoms with van der Waals surface area (Å²) in [6.07, 6.45) is 2.47. The van der Waals surface area contributed by atoms with Gasteiger partial charge in [0.2, 0.25) is 0 Å². The SMILES string of the molecule is CCOC(=O)c1cc(N(C)CC2CCCO2)ccc1N. The minimum absolute atomic E-state index is 0.267. The average molecular weight is 278 g/mol. The molecule has 0 amide bonds. The first-order valence-corrected chi connectivity index (χ1v) is 7.01. The first kappa shape index (κ1) is 14.7. The fraction of sp³-hybridized carbons (Fsp3) is 0.533. The second kappa shape index (κ2) is 6.61. The van der Waals surface area contributed by atoms with Crippen molar-refractivity contribution >= 4 is 17.3 Å². The van der Waals surface area contributed by atoms with Gasteiger partial charge in [-0.1, -0.05) is 0 Å². The predicted octanol–water partition coefficient (Wildman–Crippen LogP) is 2.06. The summed E-state index contributed by atoms with van der Waals surface area (Å²) >= 11 is 0. The molecule has 0 aliphatic carbocycles. The molecule has 1 fully saturated rings. The van der Waals surface area contributed by atoms with Crippen LogP contribution in [-0.2, 0) is 9.47 Å². The summed E-state index contributed by atoms with van der Waals surface area (Å²) in [6.45, 7) is 3.77. The fourth-order valence-electron chi connectivity index (χ4n) is 2.37. The molecule has 1 saturated heterocycles. The van der Waals surface area contributed by atoms with Crippen LogP contribution in [0.3, 0.4) is 0 Å². The second-order valence-electron chi connectivity index (χ2n) is 5.01. The molecule has 0 radical (unpaired) electrons. The Morgan fingerprint density at radius 3 is 3.00 bits per heavy atom. The van der Waals surface area contributed by atoms with Gasteiger partial charge in [0.1, 0.15) is 0 Å². The van der Waals surface area contributed by atoms with Crippen molar-refractivity contribution in [1.29, 1.82) is 0 Å². The molecule has 1 aliphatic rings. The number of hydrogen-bond acceptors (Lipinski definition) is 5. The van der Waals surface area contributed by atoms with E-state index >= 15 is 0 Å². The molecular weight excluding hydrogens is 256 g/mol. The third kappa shape index (κ3) is 3.42. The third-order valence-corrected chi connectivity index (χ3v) is 3.47. The standard InChI is InChI=1S/C15H22N2O3/c1-3-19-15(18)13-9-11(6-7-14(13)16)17(2)10-12-5-4-8-20-12/h6-7,9,12H,3-5,8,10,16H2,1-2H3. The molecule has 1 aromatic rings. The molecule has 2 rings (SSSR count). The van der Waals surface area contributed by atoms with E-state index in [1.54, 1.807) is 19.1 Å². The summed E-state index contributed by atoms with van der Waals surface area (Å²) < 4.78 is 10.6. The maximum atomic E-state index is 11.8. The number of esters is 1. The number of benzene rings is 1. The number of hydrogen-bond donors (Lipinski definition) is 1. The van der Waals surface area contributed by atoms with Gasteiger partial charge in [-0.25, -0.2) is 4.79 Å². The van der Waals surface area contributed by atoms with E-state index < -0.39 is 0 Å². The van der Waals surface area contributed by atoms with Crippen LogP contribution in [0.15, 0.2) is 18.2 Å². The average Bonchev–Trinajstić information content (AvgIpc) is 2.92. The lowest BCUT2D eigenvalue weighted by molar-refractivity contribution is 0.0527. The number of nitrogen functional groups attached to an aromatic ring is 1. The maximum Gasteiger partial charge on any atom is 0.340 e. The maximum absolute atomic E-state index is 11.8. The molecule has 0 bridgehead atoms. The minimum atomic E-state index is -0.377. The zero-order valence-corrected chi connectivity index (χ0v) is 12.1. The lowest BCUT2D eigenvalue weighted by Gasteiger charge is -2.23. The molecule has 0 saturated carbocycles. The van der Waals surface area contributed by atoms with Gasteiger partial charge in [-0.2, -0.15) is 0 Å². The van der Waals surface area contributed by atoms with Crippen LogP contribution in [0, 0.1) is 0 Å². The third-order valence-electron chi connectivity index (χ3n) is 3.47. The number of likely N-dealkylation sites (N-methyl/N-ethyl adjacent to an activating group) is 1. The number of rotatable bonds is 5. The van der Waals surface area contributed by atoms with Crippen molar-refractivity contribution in [3.63, 3.8) is 0 Å². The highest BCUT2D eigenvalue weighted by molar-refractivity contribution is 5.96. The van der Waals surface area contributed by atoms with Gasteiger partial charge in [-0.05, 0) is 38.0 Å². The van der Waals surface area contributed by atoms with E-state index in [4.69, 9.17) is 15.2 Å². The van der Waals surface area contributed by atoms with E-state index in [1.807, 2.05) is 13.1 Å². The van der Waals surface area contributed by atoms with Crippen LogP contribution in [0.5, 0.6) is 0 Å². The van der Waals surface area contributed by atoms with Crippen LogP contribution in [0.25, 0.3) is 0 Å². The second-order valence-corrected chi connectivity index (χ2v) is 5.01. The van der Waals surface area contributed by atoms with E-state index in [9.17, 15) is 4.79 Å². The molecule has 5 heteroatoms. The van der Waals surface area contributed by atoms with Gasteiger partial charge in [0.05, 0.1) is 18.3 Å². The van der Waals surface area contributed by atoms with Crippen LogP contribution in [-0.4, -0.2) is 38.9 Å². The number of carbonyl (C=O) groups excluding carboxylic acids is 1. The van der Waals surface area contributed by atoms with Gasteiger partial charge in [0.15, 0.2) is 0 Å². The summed E-state index contributed by atoms with van der Waals surface area (Å²) in [5, 5.41) is 0. The quantitative estimate of drug-likeness (QED) is 0.659. The zero-order valence-electron chi connectivity index (χ0n) is 12.1. The monoisotopic (exact) mass is 278 g/mol. The Hall–Kier alpha value is -1.75. The Morgan fingerprint density at radius 1 is 1.55 bits per heavy atom. The molecule has 1 aromatic carbocycles. The highest BCUT2D eigenvalue weighted by atomic mass is 16.5. The highest BCUT2D eigenvalue weighted by Gasteiger charge is 2.19. The van der Waals surface area contributed by atoms with Crippen LogP contribution < -0.4 is 10.6 Å². The molecule has 5 nitrogen and oxygen atoms in total. The Bertz CT molecular complexity index is 470. The topological polar surface area (TPSA) is 64.8 Å². The predicted molar refractivity (Wildman–Crippen MR) is 79.1 cm³/mol. The summed E-state index contributed by atoms with van der Waals surface area (Å²) in [6, 6.07) is 5.43. The zero-order chi connectivity index (χ0) is 14.5. The number of carbonyl (C=O) groups is 1. The van der Waals surface area contributed by atoms with Crippen molar-refractivity contribution < 1.29 is 14.3 Å². The van der Waals surface area contributed by atoms with Gasteiger partial charge in [0, 0.05) is 31.6 Å². The van der Waals surface area contributed by atoms with E-state index in [1.165, 1.54) is 0 Å². The van der Waals surface area contributed by atoms with Crippen LogP contribution >= 0.6 is 0 Å². The summed E-state index contributed by atoms with van der Waals surface area (Å²) in [4.78, 5) is 13.9. The first-order valence-electron chi connectivity index (χ1n) is 7.01. The lowest BCUT2D eigenvalue weighted by atomic mass is 10.1. The number of nitrogens with two attached hydrogens (primary N) is 1. The van der Waals surface area contributed by atoms with Gasteiger partial charge in [-0.3, -0.25) is 0 Å². The van der Waals surface area contributed by atoms with Crippen molar-refractivity contribution in [3.8, 4) is 0 Å². The summed E-state index contributed by atoms with van der Waals surface area (Å²) in [5.74, 6) is -0.377. The molecule has 1 heterocycles. The lowest BCUT2D eigenvalue weighted by Crippen LogP contribution is -2.28. The van der Waals surface area contributed by atoms with Crippen LogP contribution in [0.1, 0.15) is 30.1 Å². The van der Waals surface area contributed by atoms with Crippen molar-refractivity contribution in [2.24, 2.45) is 0 Å². The molecule has 1 aliphatic heterocycles. The summed E-state index contributed by atoms with van der Waals surface area (Å²) in [7, 11) is 1.99. The van der Waals surface area contributed by atoms with Gasteiger partial charge < -0.3 is 20.1 Å². The molecule has 110 valence electrons. The van der Waals surface area contributed by atoms with Gasteiger partial charge in [0.25, 0.3) is 0 Å². The molecule has 0 spiro atoms. The fourth-order valence-corrected chi connectivity index (χ4v) is 2.37. The molecule has 20 heavy (non-hydrogen) atoms. The normalized spacial score (nSPS) is 18.0. The molecular formula is C15H22N2O3. The van der Waals surface area contributed by atoms with Crippen molar-refractivity contribution in [2.45, 2.75) is 25.9 Å². The van der Waals surface area contributed by atoms with Crippen molar-refractivity contribution in [3.05, 3.63) is 23.8 Å². The molecule has 0 aromatic heterocycles.